The maximum absolute atomic E-state index is 11.1. The quantitative estimate of drug-likeness (QED) is 0.887. The number of carboxylic acid groups (broad SMARTS) is 1. The summed E-state index contributed by atoms with van der Waals surface area (Å²) in [5, 5.41) is 9.13. The molecule has 0 radical (unpaired) electrons. The summed E-state index contributed by atoms with van der Waals surface area (Å²) in [6.45, 7) is 6.40. The average Bonchev–Trinajstić information content (AvgIpc) is 2.64. The third kappa shape index (κ3) is 3.21. The van der Waals surface area contributed by atoms with Crippen molar-refractivity contribution in [3.63, 3.8) is 0 Å². The Hall–Kier alpha value is -1.78. The lowest BCUT2D eigenvalue weighted by atomic mass is 9.89. The van der Waals surface area contributed by atoms with Crippen LogP contribution in [0.5, 0.6) is 0 Å². The molecule has 1 aromatic rings. The van der Waals surface area contributed by atoms with E-state index in [1.807, 2.05) is 0 Å². The van der Waals surface area contributed by atoms with Crippen molar-refractivity contribution in [2.75, 3.05) is 23.7 Å². The van der Waals surface area contributed by atoms with Crippen LogP contribution >= 0.6 is 0 Å². The van der Waals surface area contributed by atoms with Gasteiger partial charge in [0, 0.05) is 13.1 Å². The van der Waals surface area contributed by atoms with E-state index < -0.39 is 5.97 Å². The Morgan fingerprint density at radius 2 is 2.20 bits per heavy atom. The third-order valence-corrected chi connectivity index (χ3v) is 4.19. The Kier molecular flexibility index (Phi) is 4.47. The van der Waals surface area contributed by atoms with Gasteiger partial charge in [-0.25, -0.2) is 9.78 Å². The number of nitrogens with zero attached hydrogens (tertiary/aromatic N) is 2. The Balaban J connectivity index is 2.15. The summed E-state index contributed by atoms with van der Waals surface area (Å²) < 4.78 is 0. The number of nitrogens with two attached hydrogens (primary N) is 1. The molecule has 5 nitrogen and oxygen atoms in total. The van der Waals surface area contributed by atoms with Crippen LogP contribution in [-0.4, -0.2) is 29.1 Å². The zero-order valence-corrected chi connectivity index (χ0v) is 12.2. The van der Waals surface area contributed by atoms with Crippen molar-refractivity contribution < 1.29 is 9.90 Å². The smallest absolute Gasteiger partial charge is 0.337 e. The van der Waals surface area contributed by atoms with Crippen LogP contribution in [0.1, 0.15) is 43.5 Å². The molecule has 1 fully saturated rings. The largest absolute Gasteiger partial charge is 0.478 e. The van der Waals surface area contributed by atoms with Crippen LogP contribution in [-0.2, 0) is 0 Å². The molecule has 0 aromatic carbocycles. The van der Waals surface area contributed by atoms with Crippen molar-refractivity contribution in [1.29, 1.82) is 0 Å². The number of aromatic nitrogens is 1. The van der Waals surface area contributed by atoms with Crippen molar-refractivity contribution in [3.8, 4) is 0 Å². The maximum Gasteiger partial charge on any atom is 0.337 e. The third-order valence-electron chi connectivity index (χ3n) is 4.19. The number of aromatic carboxylic acids is 1. The summed E-state index contributed by atoms with van der Waals surface area (Å²) in [5.74, 6) is 1.17. The number of carbonyl (C=O) groups is 1. The van der Waals surface area contributed by atoms with E-state index in [0.29, 0.717) is 5.92 Å². The van der Waals surface area contributed by atoms with Gasteiger partial charge in [0.15, 0.2) is 0 Å². The maximum atomic E-state index is 11.1. The molecule has 0 saturated carbocycles. The van der Waals surface area contributed by atoms with Crippen LogP contribution in [0.25, 0.3) is 0 Å². The Bertz CT molecular complexity index is 488. The fraction of sp³-hybridized carbons (Fsp3) is 0.600. The van der Waals surface area contributed by atoms with Crippen LogP contribution in [0.2, 0.25) is 0 Å². The highest BCUT2D eigenvalue weighted by Crippen LogP contribution is 2.27. The molecule has 0 amide bonds. The normalized spacial score (nSPS) is 19.9. The van der Waals surface area contributed by atoms with Gasteiger partial charge in [0.25, 0.3) is 0 Å². The highest BCUT2D eigenvalue weighted by molar-refractivity contribution is 5.94. The molecule has 3 N–H and O–H groups in total. The first-order valence-corrected chi connectivity index (χ1v) is 7.22. The van der Waals surface area contributed by atoms with Crippen LogP contribution in [0.3, 0.4) is 0 Å². The molecule has 5 heteroatoms. The molecule has 1 saturated heterocycles. The molecule has 0 bridgehead atoms. The zero-order valence-electron chi connectivity index (χ0n) is 12.2. The monoisotopic (exact) mass is 277 g/mol. The predicted molar refractivity (Wildman–Crippen MR) is 80.0 cm³/mol. The Labute approximate surface area is 119 Å². The van der Waals surface area contributed by atoms with Crippen LogP contribution in [0, 0.1) is 11.8 Å². The number of carboxylic acids is 1. The lowest BCUT2D eigenvalue weighted by Gasteiger charge is -2.23. The van der Waals surface area contributed by atoms with E-state index in [1.54, 1.807) is 6.07 Å². The molecule has 0 spiro atoms. The summed E-state index contributed by atoms with van der Waals surface area (Å²) in [7, 11) is 0. The molecule has 1 aromatic heterocycles. The van der Waals surface area contributed by atoms with E-state index in [1.165, 1.54) is 12.6 Å². The van der Waals surface area contributed by atoms with Gasteiger partial charge in [-0.2, -0.15) is 0 Å². The standard InChI is InChI=1S/C15H23N3O2/c1-10(2)11-4-3-6-18(7-5-11)14-8-12(15(19)20)13(16)9-17-14/h8-11H,3-7,16H2,1-2H3,(H,19,20). The summed E-state index contributed by atoms with van der Waals surface area (Å²) in [5.41, 5.74) is 6.01. The summed E-state index contributed by atoms with van der Waals surface area (Å²) in [6.07, 6.45) is 4.93. The second kappa shape index (κ2) is 6.11. The first kappa shape index (κ1) is 14.6. The van der Waals surface area contributed by atoms with Crippen molar-refractivity contribution in [1.82, 2.24) is 4.98 Å². The number of nitrogen functional groups attached to an aromatic ring is 1. The second-order valence-corrected chi connectivity index (χ2v) is 5.86. The van der Waals surface area contributed by atoms with E-state index in [0.717, 1.165) is 37.7 Å². The molecule has 110 valence electrons. The first-order valence-electron chi connectivity index (χ1n) is 7.22. The van der Waals surface area contributed by atoms with E-state index in [-0.39, 0.29) is 11.3 Å². The molecule has 1 aliphatic heterocycles. The van der Waals surface area contributed by atoms with Crippen molar-refractivity contribution in [2.45, 2.75) is 33.1 Å². The van der Waals surface area contributed by atoms with Gasteiger partial charge in [0.1, 0.15) is 5.82 Å². The molecular weight excluding hydrogens is 254 g/mol. The van der Waals surface area contributed by atoms with Crippen LogP contribution in [0.15, 0.2) is 12.3 Å². The van der Waals surface area contributed by atoms with Gasteiger partial charge in [0.2, 0.25) is 0 Å². The van der Waals surface area contributed by atoms with Crippen molar-refractivity contribution in [3.05, 3.63) is 17.8 Å². The number of pyridine rings is 1. The van der Waals surface area contributed by atoms with Gasteiger partial charge < -0.3 is 15.7 Å². The fourth-order valence-corrected chi connectivity index (χ4v) is 2.83. The highest BCUT2D eigenvalue weighted by Gasteiger charge is 2.21. The number of hydrogen-bond donors (Lipinski definition) is 2. The SMILES string of the molecule is CC(C)C1CCCN(c2cc(C(=O)O)c(N)cn2)CC1. The minimum Gasteiger partial charge on any atom is -0.478 e. The van der Waals surface area contributed by atoms with Crippen LogP contribution < -0.4 is 10.6 Å². The summed E-state index contributed by atoms with van der Waals surface area (Å²) >= 11 is 0. The van der Waals surface area contributed by atoms with Gasteiger partial charge in [-0.1, -0.05) is 13.8 Å². The van der Waals surface area contributed by atoms with Crippen molar-refractivity contribution >= 4 is 17.5 Å². The van der Waals surface area contributed by atoms with Gasteiger partial charge in [0.05, 0.1) is 17.4 Å². The molecule has 1 aliphatic rings. The first-order chi connectivity index (χ1) is 9.49. The van der Waals surface area contributed by atoms with Gasteiger partial charge in [-0.05, 0) is 37.2 Å². The van der Waals surface area contributed by atoms with E-state index in [2.05, 4.69) is 23.7 Å². The molecule has 2 rings (SSSR count). The van der Waals surface area contributed by atoms with E-state index in [9.17, 15) is 4.79 Å². The minimum absolute atomic E-state index is 0.139. The number of rotatable bonds is 3. The lowest BCUT2D eigenvalue weighted by molar-refractivity contribution is 0.0698. The molecule has 0 aliphatic carbocycles. The minimum atomic E-state index is -0.999. The number of hydrogen-bond acceptors (Lipinski definition) is 4. The Morgan fingerprint density at radius 1 is 1.45 bits per heavy atom. The molecule has 1 unspecified atom stereocenters. The molecule has 2 heterocycles. The number of anilines is 2. The average molecular weight is 277 g/mol. The van der Waals surface area contributed by atoms with E-state index in [4.69, 9.17) is 10.8 Å². The van der Waals surface area contributed by atoms with Gasteiger partial charge >= 0.3 is 5.97 Å². The zero-order chi connectivity index (χ0) is 14.7. The molecule has 1 atom stereocenters. The predicted octanol–water partition coefficient (Wildman–Crippen LogP) is 2.62. The van der Waals surface area contributed by atoms with Gasteiger partial charge in [-0.3, -0.25) is 0 Å². The Morgan fingerprint density at radius 3 is 2.85 bits per heavy atom. The fourth-order valence-electron chi connectivity index (χ4n) is 2.83. The highest BCUT2D eigenvalue weighted by atomic mass is 16.4. The van der Waals surface area contributed by atoms with Gasteiger partial charge in [-0.15, -0.1) is 0 Å². The summed E-state index contributed by atoms with van der Waals surface area (Å²) in [4.78, 5) is 17.6. The van der Waals surface area contributed by atoms with Crippen LogP contribution in [0.4, 0.5) is 11.5 Å². The summed E-state index contributed by atoms with van der Waals surface area (Å²) in [6, 6.07) is 1.59. The van der Waals surface area contributed by atoms with Crippen molar-refractivity contribution in [2.24, 2.45) is 11.8 Å². The topological polar surface area (TPSA) is 79.5 Å². The second-order valence-electron chi connectivity index (χ2n) is 5.86. The molecule has 20 heavy (non-hydrogen) atoms. The molecular formula is C15H23N3O2. The van der Waals surface area contributed by atoms with E-state index >= 15 is 0 Å². The lowest BCUT2D eigenvalue weighted by Crippen LogP contribution is -2.26.